The first-order chi connectivity index (χ1) is 23.5. The number of rotatable bonds is 36. The number of hydrogen-bond acceptors (Lipinski definition) is 6. The lowest BCUT2D eigenvalue weighted by atomic mass is 10.0. The summed E-state index contributed by atoms with van der Waals surface area (Å²) in [6, 6.07) is 0. The zero-order valence-corrected chi connectivity index (χ0v) is 31.4. The molecular weight excluding hydrogens is 600 g/mol. The molecule has 0 aliphatic rings. The standard InChI is InChI=1S/C42H76O6/c1-3-5-7-9-11-12-13-14-15-16-17-18-19-20-21-23-27-31-35-41(45)47-37-40(44)38-48-42(46)36-32-28-24-26-30-34-39(43)33-29-25-22-10-8-6-4-2/h6,8,22,25,29,33,39-40,43-44H,3-5,7,9-21,23-24,26-28,30-32,34-38H2,1-2H3/b8-6+,25-22+,33-29+/t39?,40-/m0/s1. The Morgan fingerprint density at radius 1 is 0.521 bits per heavy atom. The average Bonchev–Trinajstić information content (AvgIpc) is 3.08. The molecule has 0 rings (SSSR count). The van der Waals surface area contributed by atoms with Crippen molar-refractivity contribution in [2.75, 3.05) is 13.2 Å². The molecule has 0 aliphatic carbocycles. The minimum absolute atomic E-state index is 0.140. The van der Waals surface area contributed by atoms with Crippen LogP contribution in [0.4, 0.5) is 0 Å². The van der Waals surface area contributed by atoms with Gasteiger partial charge in [0.25, 0.3) is 0 Å². The minimum Gasteiger partial charge on any atom is -0.463 e. The second-order valence-electron chi connectivity index (χ2n) is 13.6. The van der Waals surface area contributed by atoms with Gasteiger partial charge in [-0.2, -0.15) is 0 Å². The molecule has 0 amide bonds. The Labute approximate surface area is 296 Å². The minimum atomic E-state index is -0.993. The van der Waals surface area contributed by atoms with Crippen molar-refractivity contribution in [1.29, 1.82) is 0 Å². The lowest BCUT2D eigenvalue weighted by Crippen LogP contribution is -2.25. The molecule has 0 spiro atoms. The SMILES string of the molecule is CC/C=C/C/C=C/C=C/C(O)CCCCCCCC(=O)OC[C@@H](O)COC(=O)CCCCCCCCCCCCCCCCCCCC. The molecule has 280 valence electrons. The molecule has 0 bridgehead atoms. The van der Waals surface area contributed by atoms with Crippen LogP contribution in [-0.2, 0) is 19.1 Å². The molecule has 0 saturated heterocycles. The van der Waals surface area contributed by atoms with Crippen LogP contribution in [0.1, 0.15) is 194 Å². The quantitative estimate of drug-likeness (QED) is 0.0297. The number of hydrogen-bond donors (Lipinski definition) is 2. The maximum absolute atomic E-state index is 12.0. The van der Waals surface area contributed by atoms with Crippen LogP contribution in [-0.4, -0.2) is 47.6 Å². The fourth-order valence-electron chi connectivity index (χ4n) is 5.68. The molecule has 0 aromatic carbocycles. The molecule has 6 nitrogen and oxygen atoms in total. The van der Waals surface area contributed by atoms with Gasteiger partial charge in [-0.05, 0) is 32.1 Å². The smallest absolute Gasteiger partial charge is 0.305 e. The Bertz CT molecular complexity index is 789. The Morgan fingerprint density at radius 2 is 0.938 bits per heavy atom. The summed E-state index contributed by atoms with van der Waals surface area (Å²) in [6.45, 7) is 4.10. The summed E-state index contributed by atoms with van der Waals surface area (Å²) in [5.41, 5.74) is 0. The van der Waals surface area contributed by atoms with Crippen LogP contribution < -0.4 is 0 Å². The van der Waals surface area contributed by atoms with Crippen molar-refractivity contribution >= 4 is 11.9 Å². The summed E-state index contributed by atoms with van der Waals surface area (Å²) in [6.07, 6.45) is 42.2. The van der Waals surface area contributed by atoms with Gasteiger partial charge in [-0.15, -0.1) is 0 Å². The van der Waals surface area contributed by atoms with E-state index in [0.29, 0.717) is 12.8 Å². The van der Waals surface area contributed by atoms with E-state index in [1.165, 1.54) is 96.3 Å². The van der Waals surface area contributed by atoms with E-state index in [2.05, 4.69) is 32.1 Å². The van der Waals surface area contributed by atoms with Gasteiger partial charge in [-0.3, -0.25) is 9.59 Å². The van der Waals surface area contributed by atoms with E-state index in [-0.39, 0.29) is 25.2 Å². The fourth-order valence-corrected chi connectivity index (χ4v) is 5.68. The van der Waals surface area contributed by atoms with E-state index in [1.807, 2.05) is 18.2 Å². The van der Waals surface area contributed by atoms with Gasteiger partial charge in [0, 0.05) is 12.8 Å². The number of aliphatic hydroxyl groups is 2. The maximum atomic E-state index is 12.0. The molecule has 1 unspecified atom stereocenters. The summed E-state index contributed by atoms with van der Waals surface area (Å²) < 4.78 is 10.3. The van der Waals surface area contributed by atoms with Gasteiger partial charge in [-0.25, -0.2) is 0 Å². The van der Waals surface area contributed by atoms with Crippen molar-refractivity contribution in [3.63, 3.8) is 0 Å². The van der Waals surface area contributed by atoms with E-state index in [1.54, 1.807) is 0 Å². The Hall–Kier alpha value is -1.92. The van der Waals surface area contributed by atoms with Gasteiger partial charge < -0.3 is 19.7 Å². The summed E-state index contributed by atoms with van der Waals surface area (Å²) in [4.78, 5) is 23.9. The topological polar surface area (TPSA) is 93.1 Å². The largest absolute Gasteiger partial charge is 0.463 e. The van der Waals surface area contributed by atoms with Crippen molar-refractivity contribution in [2.45, 2.75) is 206 Å². The number of allylic oxidation sites excluding steroid dienone is 5. The molecule has 6 heteroatoms. The molecular formula is C42H76O6. The average molecular weight is 677 g/mol. The van der Waals surface area contributed by atoms with Crippen LogP contribution in [0.5, 0.6) is 0 Å². The number of esters is 2. The van der Waals surface area contributed by atoms with E-state index in [4.69, 9.17) is 9.47 Å². The third kappa shape index (κ3) is 36.9. The highest BCUT2D eigenvalue weighted by Crippen LogP contribution is 2.15. The third-order valence-corrected chi connectivity index (χ3v) is 8.74. The fraction of sp³-hybridized carbons (Fsp3) is 0.810. The second kappa shape index (κ2) is 37.9. The zero-order chi connectivity index (χ0) is 35.2. The van der Waals surface area contributed by atoms with Gasteiger partial charge in [0.05, 0.1) is 6.10 Å². The Balaban J connectivity index is 3.48. The summed E-state index contributed by atoms with van der Waals surface area (Å²) in [5, 5.41) is 20.0. The number of carbonyl (C=O) groups excluding carboxylic acids is 2. The van der Waals surface area contributed by atoms with E-state index in [0.717, 1.165) is 70.6 Å². The van der Waals surface area contributed by atoms with Crippen molar-refractivity contribution in [3.05, 3.63) is 36.5 Å². The number of aliphatic hydroxyl groups excluding tert-OH is 2. The molecule has 0 aliphatic heterocycles. The van der Waals surface area contributed by atoms with E-state index in [9.17, 15) is 19.8 Å². The first kappa shape index (κ1) is 46.1. The van der Waals surface area contributed by atoms with Crippen LogP contribution in [0.15, 0.2) is 36.5 Å². The monoisotopic (exact) mass is 677 g/mol. The molecule has 0 radical (unpaired) electrons. The van der Waals surface area contributed by atoms with Gasteiger partial charge in [0.15, 0.2) is 0 Å². The van der Waals surface area contributed by atoms with Crippen LogP contribution in [0.3, 0.4) is 0 Å². The van der Waals surface area contributed by atoms with Crippen LogP contribution in [0, 0.1) is 0 Å². The molecule has 0 saturated carbocycles. The highest BCUT2D eigenvalue weighted by Gasteiger charge is 2.12. The number of unbranched alkanes of at least 4 members (excludes halogenated alkanes) is 21. The zero-order valence-electron chi connectivity index (χ0n) is 31.4. The highest BCUT2D eigenvalue weighted by molar-refractivity contribution is 5.69. The Morgan fingerprint density at radius 3 is 1.38 bits per heavy atom. The lowest BCUT2D eigenvalue weighted by molar-refractivity contribution is -0.152. The van der Waals surface area contributed by atoms with Crippen molar-refractivity contribution in [2.24, 2.45) is 0 Å². The predicted octanol–water partition coefficient (Wildman–Crippen LogP) is 11.4. The summed E-state index contributed by atoms with van der Waals surface area (Å²) in [5.74, 6) is -0.634. The first-order valence-corrected chi connectivity index (χ1v) is 20.1. The molecule has 2 N–H and O–H groups in total. The van der Waals surface area contributed by atoms with Crippen LogP contribution in [0.2, 0.25) is 0 Å². The highest BCUT2D eigenvalue weighted by atomic mass is 16.6. The number of carbonyl (C=O) groups is 2. The summed E-state index contributed by atoms with van der Waals surface area (Å²) in [7, 11) is 0. The van der Waals surface area contributed by atoms with Crippen LogP contribution in [0.25, 0.3) is 0 Å². The van der Waals surface area contributed by atoms with Gasteiger partial charge in [-0.1, -0.05) is 185 Å². The van der Waals surface area contributed by atoms with Crippen molar-refractivity contribution in [3.8, 4) is 0 Å². The lowest BCUT2D eigenvalue weighted by Gasteiger charge is -2.12. The maximum Gasteiger partial charge on any atom is 0.305 e. The van der Waals surface area contributed by atoms with Gasteiger partial charge in [0.1, 0.15) is 19.3 Å². The molecule has 0 aromatic heterocycles. The molecule has 2 atom stereocenters. The van der Waals surface area contributed by atoms with Crippen LogP contribution >= 0.6 is 0 Å². The molecule has 48 heavy (non-hydrogen) atoms. The Kier molecular flexibility index (Phi) is 36.4. The van der Waals surface area contributed by atoms with Crippen molar-refractivity contribution in [1.82, 2.24) is 0 Å². The van der Waals surface area contributed by atoms with Gasteiger partial charge >= 0.3 is 11.9 Å². The third-order valence-electron chi connectivity index (χ3n) is 8.74. The predicted molar refractivity (Wildman–Crippen MR) is 202 cm³/mol. The molecule has 0 heterocycles. The molecule has 0 aromatic rings. The second-order valence-corrected chi connectivity index (χ2v) is 13.6. The first-order valence-electron chi connectivity index (χ1n) is 20.1. The normalized spacial score (nSPS) is 13.2. The number of ether oxygens (including phenoxy) is 2. The molecule has 0 fully saturated rings. The van der Waals surface area contributed by atoms with E-state index < -0.39 is 12.2 Å². The summed E-state index contributed by atoms with van der Waals surface area (Å²) >= 11 is 0. The van der Waals surface area contributed by atoms with E-state index >= 15 is 0 Å². The van der Waals surface area contributed by atoms with Crippen molar-refractivity contribution < 1.29 is 29.3 Å². The van der Waals surface area contributed by atoms with Gasteiger partial charge in [0.2, 0.25) is 0 Å².